The first-order valence-corrected chi connectivity index (χ1v) is 11.7. The number of nitrogens with one attached hydrogen (secondary N) is 1. The molecule has 1 aromatic heterocycles. The quantitative estimate of drug-likeness (QED) is 0.575. The Hall–Kier alpha value is -2.55. The molecule has 0 saturated carbocycles. The van der Waals surface area contributed by atoms with Gasteiger partial charge in [-0.3, -0.25) is 4.79 Å². The van der Waals surface area contributed by atoms with Crippen molar-refractivity contribution >= 4 is 35.9 Å². The van der Waals surface area contributed by atoms with Crippen LogP contribution in [0.5, 0.6) is 5.75 Å². The van der Waals surface area contributed by atoms with Gasteiger partial charge in [0, 0.05) is 41.7 Å². The van der Waals surface area contributed by atoms with E-state index >= 15 is 0 Å². The summed E-state index contributed by atoms with van der Waals surface area (Å²) in [6.45, 7) is 1.53. The van der Waals surface area contributed by atoms with E-state index in [1.807, 2.05) is 24.3 Å². The molecule has 2 aliphatic rings. The first-order chi connectivity index (χ1) is 15.4. The van der Waals surface area contributed by atoms with Crippen molar-refractivity contribution < 1.29 is 13.9 Å². The molecule has 1 amide bonds. The normalized spacial score (nSPS) is 18.8. The summed E-state index contributed by atoms with van der Waals surface area (Å²) in [6.07, 6.45) is 2.47. The third kappa shape index (κ3) is 4.10. The number of benzene rings is 2. The van der Waals surface area contributed by atoms with Gasteiger partial charge < -0.3 is 15.0 Å². The van der Waals surface area contributed by atoms with Crippen molar-refractivity contribution in [2.45, 2.75) is 23.8 Å². The molecule has 1 fully saturated rings. The summed E-state index contributed by atoms with van der Waals surface area (Å²) in [5.74, 6) is 0.748. The molecule has 0 radical (unpaired) electrons. The molecule has 3 atom stereocenters. The zero-order valence-corrected chi connectivity index (χ0v) is 19.7. The van der Waals surface area contributed by atoms with Crippen molar-refractivity contribution in [2.75, 3.05) is 23.3 Å². The van der Waals surface area contributed by atoms with E-state index in [2.05, 4.69) is 33.7 Å². The van der Waals surface area contributed by atoms with Gasteiger partial charge in [0.25, 0.3) is 5.91 Å². The molecule has 0 bridgehead atoms. The molecule has 1 N–H and O–H groups in total. The number of pyridine rings is 1. The highest BCUT2D eigenvalue weighted by Crippen LogP contribution is 2.43. The van der Waals surface area contributed by atoms with Crippen LogP contribution >= 0.6 is 18.5 Å². The van der Waals surface area contributed by atoms with Crippen LogP contribution in [0.25, 0.3) is 11.1 Å². The maximum atomic E-state index is 14.7. The lowest BCUT2D eigenvalue weighted by Gasteiger charge is -2.25. The van der Waals surface area contributed by atoms with E-state index in [0.717, 1.165) is 30.8 Å². The third-order valence-electron chi connectivity index (χ3n) is 5.91. The summed E-state index contributed by atoms with van der Waals surface area (Å²) in [4.78, 5) is 20.0. The second kappa shape index (κ2) is 8.42. The van der Waals surface area contributed by atoms with Crippen LogP contribution in [0.4, 0.5) is 15.9 Å². The van der Waals surface area contributed by atoms with Crippen LogP contribution < -0.4 is 15.0 Å². The second-order valence-corrected chi connectivity index (χ2v) is 11.3. The number of ether oxygens (including phenoxy) is 1. The van der Waals surface area contributed by atoms with Gasteiger partial charge in [-0.15, -0.1) is 18.5 Å². The number of carbonyl (C=O) groups excluding carboxylic acids is 1. The molecular formula is C24H24FN3O2P2. The Balaban J connectivity index is 1.52. The molecule has 2 aliphatic heterocycles. The molecule has 3 heterocycles. The van der Waals surface area contributed by atoms with Gasteiger partial charge in [0.15, 0.2) is 11.9 Å². The number of anilines is 2. The number of para-hydroxylation sites is 1. The van der Waals surface area contributed by atoms with Crippen molar-refractivity contribution in [2.24, 2.45) is 0 Å². The monoisotopic (exact) mass is 467 g/mol. The SMILES string of the molecule is O=C(Nc1c(-c2ccccc2F)ccnc1N1CCC(P)(P)C1)C1Cc2ccccc2O1. The summed E-state index contributed by atoms with van der Waals surface area (Å²) in [5, 5.41) is 3.04. The number of carbonyl (C=O) groups is 1. The van der Waals surface area contributed by atoms with E-state index in [4.69, 9.17) is 4.74 Å². The molecule has 5 nitrogen and oxygen atoms in total. The summed E-state index contributed by atoms with van der Waals surface area (Å²) in [6, 6.07) is 16.0. The van der Waals surface area contributed by atoms with Gasteiger partial charge in [-0.05, 0) is 30.2 Å². The molecule has 3 aromatic rings. The molecular weight excluding hydrogens is 443 g/mol. The maximum absolute atomic E-state index is 14.7. The Labute approximate surface area is 191 Å². The Bertz CT molecular complexity index is 1160. The van der Waals surface area contributed by atoms with Crippen molar-refractivity contribution in [3.05, 3.63) is 72.2 Å². The van der Waals surface area contributed by atoms with Crippen LogP contribution in [0.3, 0.4) is 0 Å². The average Bonchev–Trinajstić information content (AvgIpc) is 3.37. The number of fused-ring (bicyclic) bond motifs is 1. The lowest BCUT2D eigenvalue weighted by Crippen LogP contribution is -2.33. The zero-order chi connectivity index (χ0) is 22.3. The number of hydrogen-bond acceptors (Lipinski definition) is 4. The molecule has 3 unspecified atom stereocenters. The van der Waals surface area contributed by atoms with E-state index in [9.17, 15) is 9.18 Å². The number of aromatic nitrogens is 1. The van der Waals surface area contributed by atoms with E-state index in [1.54, 1.807) is 30.5 Å². The Morgan fingerprint density at radius 3 is 2.66 bits per heavy atom. The lowest BCUT2D eigenvalue weighted by molar-refractivity contribution is -0.122. The fourth-order valence-corrected chi connectivity index (χ4v) is 4.99. The highest BCUT2D eigenvalue weighted by Gasteiger charge is 2.34. The number of hydrogen-bond donors (Lipinski definition) is 1. The Kier molecular flexibility index (Phi) is 5.61. The van der Waals surface area contributed by atoms with Crippen molar-refractivity contribution in [3.63, 3.8) is 0 Å². The highest BCUT2D eigenvalue weighted by molar-refractivity contribution is 7.40. The first kappa shape index (κ1) is 21.3. The van der Waals surface area contributed by atoms with Crippen molar-refractivity contribution in [3.8, 4) is 16.9 Å². The van der Waals surface area contributed by atoms with E-state index < -0.39 is 6.10 Å². The Morgan fingerprint density at radius 1 is 1.12 bits per heavy atom. The van der Waals surface area contributed by atoms with Gasteiger partial charge in [0.2, 0.25) is 0 Å². The number of nitrogens with zero attached hydrogens (tertiary/aromatic N) is 2. The summed E-state index contributed by atoms with van der Waals surface area (Å²) in [5.41, 5.74) is 2.53. The smallest absolute Gasteiger partial charge is 0.265 e. The Morgan fingerprint density at radius 2 is 1.91 bits per heavy atom. The van der Waals surface area contributed by atoms with Gasteiger partial charge in [0.05, 0.1) is 5.69 Å². The number of amides is 1. The predicted molar refractivity (Wildman–Crippen MR) is 132 cm³/mol. The molecule has 0 spiro atoms. The molecule has 0 aliphatic carbocycles. The van der Waals surface area contributed by atoms with Gasteiger partial charge in [-0.25, -0.2) is 9.37 Å². The van der Waals surface area contributed by atoms with Crippen LogP contribution in [-0.2, 0) is 11.2 Å². The highest BCUT2D eigenvalue weighted by atomic mass is 31.1. The summed E-state index contributed by atoms with van der Waals surface area (Å²) < 4.78 is 20.6. The molecule has 32 heavy (non-hydrogen) atoms. The van der Waals surface area contributed by atoms with Crippen LogP contribution in [-0.4, -0.2) is 35.0 Å². The minimum Gasteiger partial charge on any atom is -0.480 e. The first-order valence-electron chi connectivity index (χ1n) is 10.5. The van der Waals surface area contributed by atoms with Gasteiger partial charge in [-0.2, -0.15) is 0 Å². The molecule has 164 valence electrons. The average molecular weight is 467 g/mol. The predicted octanol–water partition coefficient (Wildman–Crippen LogP) is 4.49. The fourth-order valence-electron chi connectivity index (χ4n) is 4.29. The zero-order valence-electron chi connectivity index (χ0n) is 17.4. The van der Waals surface area contributed by atoms with E-state index in [0.29, 0.717) is 29.1 Å². The molecule has 1 saturated heterocycles. The lowest BCUT2D eigenvalue weighted by atomic mass is 10.0. The summed E-state index contributed by atoms with van der Waals surface area (Å²) >= 11 is 0. The van der Waals surface area contributed by atoms with Crippen LogP contribution in [0.2, 0.25) is 0 Å². The largest absolute Gasteiger partial charge is 0.480 e. The maximum Gasteiger partial charge on any atom is 0.265 e. The molecule has 8 heteroatoms. The van der Waals surface area contributed by atoms with E-state index in [-0.39, 0.29) is 16.6 Å². The van der Waals surface area contributed by atoms with Crippen molar-refractivity contribution in [1.29, 1.82) is 0 Å². The molecule has 5 rings (SSSR count). The van der Waals surface area contributed by atoms with Crippen LogP contribution in [0, 0.1) is 5.82 Å². The number of rotatable bonds is 4. The molecule has 2 aromatic carbocycles. The minimum absolute atomic E-state index is 0.0207. The fraction of sp³-hybridized carbons (Fsp3) is 0.250. The van der Waals surface area contributed by atoms with E-state index in [1.165, 1.54) is 6.07 Å². The summed E-state index contributed by atoms with van der Waals surface area (Å²) in [7, 11) is 5.74. The van der Waals surface area contributed by atoms with Gasteiger partial charge >= 0.3 is 0 Å². The number of halogens is 1. The second-order valence-electron chi connectivity index (χ2n) is 8.35. The topological polar surface area (TPSA) is 54.5 Å². The van der Waals surface area contributed by atoms with Crippen LogP contribution in [0.1, 0.15) is 12.0 Å². The van der Waals surface area contributed by atoms with Crippen molar-refractivity contribution in [1.82, 2.24) is 4.98 Å². The third-order valence-corrected chi connectivity index (χ3v) is 6.86. The minimum atomic E-state index is -0.643. The van der Waals surface area contributed by atoms with Gasteiger partial charge in [-0.1, -0.05) is 36.4 Å². The van der Waals surface area contributed by atoms with Gasteiger partial charge in [0.1, 0.15) is 11.6 Å². The van der Waals surface area contributed by atoms with Crippen LogP contribution in [0.15, 0.2) is 60.8 Å². The standard InChI is InChI=1S/C24H24FN3O2P2/c25-18-7-3-2-6-16(18)17-9-11-26-22(28-12-10-24(31,32)14-28)21(17)27-23(29)20-13-15-5-1-4-8-19(15)30-20/h1-9,11,20H,10,12-14,31-32H2,(H,27,29).